The van der Waals surface area contributed by atoms with Gasteiger partial charge in [0, 0.05) is 31.6 Å². The molecule has 184 valence electrons. The first-order valence-electron chi connectivity index (χ1n) is 11.8. The number of nitrogens with zero attached hydrogens (tertiary/aromatic N) is 2. The average Bonchev–Trinajstić information content (AvgIpc) is 3.30. The van der Waals surface area contributed by atoms with E-state index in [1.165, 1.54) is 0 Å². The summed E-state index contributed by atoms with van der Waals surface area (Å²) in [7, 11) is 1.65. The maximum absolute atomic E-state index is 13.5. The van der Waals surface area contributed by atoms with Crippen LogP contribution in [-0.4, -0.2) is 56.6 Å². The summed E-state index contributed by atoms with van der Waals surface area (Å²) in [5.74, 6) is 0.881. The quantitative estimate of drug-likeness (QED) is 0.417. The second kappa shape index (κ2) is 10.4. The van der Waals surface area contributed by atoms with Crippen LogP contribution in [0.25, 0.3) is 11.0 Å². The molecule has 0 unspecified atom stereocenters. The molecule has 0 atom stereocenters. The summed E-state index contributed by atoms with van der Waals surface area (Å²) in [5.41, 5.74) is 1.90. The molecule has 8 heteroatoms. The van der Waals surface area contributed by atoms with Gasteiger partial charge in [0.2, 0.25) is 5.76 Å². The molecule has 5 rings (SSSR count). The van der Waals surface area contributed by atoms with E-state index in [0.29, 0.717) is 48.6 Å². The molecule has 2 heterocycles. The van der Waals surface area contributed by atoms with Crippen LogP contribution in [0.15, 0.2) is 83.3 Å². The summed E-state index contributed by atoms with van der Waals surface area (Å²) in [6, 6.07) is 24.2. The molecule has 36 heavy (non-hydrogen) atoms. The first-order valence-corrected chi connectivity index (χ1v) is 11.8. The van der Waals surface area contributed by atoms with Gasteiger partial charge in [0.05, 0.1) is 12.8 Å². The molecule has 0 aliphatic carbocycles. The van der Waals surface area contributed by atoms with E-state index in [2.05, 4.69) is 10.2 Å². The maximum atomic E-state index is 13.5. The van der Waals surface area contributed by atoms with Crippen molar-refractivity contribution in [1.29, 1.82) is 0 Å². The number of anilines is 2. The molecule has 3 aromatic carbocycles. The topological polar surface area (TPSA) is 84.3 Å². The minimum Gasteiger partial charge on any atom is -0.495 e. The van der Waals surface area contributed by atoms with Crippen molar-refractivity contribution in [3.8, 4) is 11.5 Å². The van der Waals surface area contributed by atoms with Crippen LogP contribution in [0, 0.1) is 0 Å². The number of rotatable bonds is 7. The van der Waals surface area contributed by atoms with Gasteiger partial charge in [-0.25, -0.2) is 0 Å². The second-order valence-electron chi connectivity index (χ2n) is 8.40. The molecule has 0 saturated carbocycles. The fourth-order valence-electron chi connectivity index (χ4n) is 4.35. The molecule has 2 amide bonds. The van der Waals surface area contributed by atoms with Crippen molar-refractivity contribution in [2.24, 2.45) is 0 Å². The van der Waals surface area contributed by atoms with Gasteiger partial charge in [0.25, 0.3) is 11.8 Å². The zero-order valence-electron chi connectivity index (χ0n) is 20.0. The molecule has 0 radical (unpaired) electrons. The van der Waals surface area contributed by atoms with E-state index in [-0.39, 0.29) is 24.2 Å². The number of amides is 2. The number of nitrogens with one attached hydrogen (secondary N) is 1. The van der Waals surface area contributed by atoms with Crippen molar-refractivity contribution in [2.45, 2.75) is 0 Å². The van der Waals surface area contributed by atoms with Gasteiger partial charge >= 0.3 is 0 Å². The van der Waals surface area contributed by atoms with Gasteiger partial charge in [0.1, 0.15) is 22.8 Å². The number of hydrogen-bond donors (Lipinski definition) is 1. The summed E-state index contributed by atoms with van der Waals surface area (Å²) in [6.45, 7) is 2.14. The van der Waals surface area contributed by atoms with E-state index in [9.17, 15) is 9.59 Å². The van der Waals surface area contributed by atoms with E-state index < -0.39 is 0 Å². The van der Waals surface area contributed by atoms with Crippen LogP contribution < -0.4 is 19.7 Å². The zero-order valence-corrected chi connectivity index (χ0v) is 20.0. The molecule has 1 fully saturated rings. The van der Waals surface area contributed by atoms with Crippen molar-refractivity contribution < 1.29 is 23.5 Å². The number of methoxy groups -OCH3 is 1. The Morgan fingerprint density at radius 3 is 2.36 bits per heavy atom. The van der Waals surface area contributed by atoms with Crippen molar-refractivity contribution in [1.82, 2.24) is 4.90 Å². The van der Waals surface area contributed by atoms with Crippen LogP contribution in [0.5, 0.6) is 11.5 Å². The molecule has 0 bridgehead atoms. The van der Waals surface area contributed by atoms with Gasteiger partial charge in [0.15, 0.2) is 6.61 Å². The lowest BCUT2D eigenvalue weighted by molar-refractivity contribution is -0.118. The summed E-state index contributed by atoms with van der Waals surface area (Å²) in [5, 5.41) is 3.51. The Hall–Kier alpha value is -4.46. The molecular formula is C28H27N3O5. The monoisotopic (exact) mass is 485 g/mol. The lowest BCUT2D eigenvalue weighted by Gasteiger charge is -2.36. The van der Waals surface area contributed by atoms with Crippen LogP contribution in [-0.2, 0) is 4.79 Å². The Kier molecular flexibility index (Phi) is 6.75. The molecule has 1 aromatic heterocycles. The smallest absolute Gasteiger partial charge is 0.291 e. The normalized spacial score (nSPS) is 13.5. The molecule has 0 spiro atoms. The fraction of sp³-hybridized carbons (Fsp3) is 0.214. The summed E-state index contributed by atoms with van der Waals surface area (Å²) >= 11 is 0. The number of piperazine rings is 1. The maximum Gasteiger partial charge on any atom is 0.291 e. The highest BCUT2D eigenvalue weighted by molar-refractivity contribution is 6.11. The highest BCUT2D eigenvalue weighted by Crippen LogP contribution is 2.33. The fourth-order valence-corrected chi connectivity index (χ4v) is 4.35. The molecule has 1 saturated heterocycles. The van der Waals surface area contributed by atoms with E-state index in [0.717, 1.165) is 11.4 Å². The average molecular weight is 486 g/mol. The molecule has 8 nitrogen and oxygen atoms in total. The van der Waals surface area contributed by atoms with Gasteiger partial charge in [-0.1, -0.05) is 42.5 Å². The predicted octanol–water partition coefficient (Wildman–Crippen LogP) is 4.42. The predicted molar refractivity (Wildman–Crippen MR) is 138 cm³/mol. The SMILES string of the molecule is COc1ccccc1N1CCN(C(=O)c2oc3ccccc3c2NC(=O)COc2ccccc2)CC1. The zero-order chi connectivity index (χ0) is 24.9. The van der Waals surface area contributed by atoms with Crippen molar-refractivity contribution in [3.63, 3.8) is 0 Å². The van der Waals surface area contributed by atoms with Crippen LogP contribution in [0.2, 0.25) is 0 Å². The van der Waals surface area contributed by atoms with E-state index in [4.69, 9.17) is 13.9 Å². The largest absolute Gasteiger partial charge is 0.495 e. The third-order valence-electron chi connectivity index (χ3n) is 6.16. The highest BCUT2D eigenvalue weighted by atomic mass is 16.5. The molecule has 1 aliphatic heterocycles. The first-order chi connectivity index (χ1) is 17.6. The molecule has 4 aromatic rings. The third-order valence-corrected chi connectivity index (χ3v) is 6.16. The summed E-state index contributed by atoms with van der Waals surface area (Å²) in [4.78, 5) is 30.2. The van der Waals surface area contributed by atoms with Gasteiger partial charge < -0.3 is 29.0 Å². The number of carbonyl (C=O) groups is 2. The lowest BCUT2D eigenvalue weighted by Crippen LogP contribution is -2.49. The summed E-state index contributed by atoms with van der Waals surface area (Å²) < 4.78 is 17.0. The van der Waals surface area contributed by atoms with Gasteiger partial charge in [-0.05, 0) is 36.4 Å². The highest BCUT2D eigenvalue weighted by Gasteiger charge is 2.29. The Morgan fingerprint density at radius 1 is 0.889 bits per heavy atom. The van der Waals surface area contributed by atoms with E-state index in [1.54, 1.807) is 30.2 Å². The van der Waals surface area contributed by atoms with Gasteiger partial charge in [-0.3, -0.25) is 9.59 Å². The molecular weight excluding hydrogens is 458 g/mol. The number of para-hydroxylation sites is 4. The Morgan fingerprint density at radius 2 is 1.58 bits per heavy atom. The van der Waals surface area contributed by atoms with E-state index >= 15 is 0 Å². The number of ether oxygens (including phenoxy) is 2. The van der Waals surface area contributed by atoms with Gasteiger partial charge in [-0.15, -0.1) is 0 Å². The van der Waals surface area contributed by atoms with E-state index in [1.807, 2.05) is 60.7 Å². The minimum absolute atomic E-state index is 0.120. The minimum atomic E-state index is -0.375. The third kappa shape index (κ3) is 4.84. The molecule has 1 N–H and O–H groups in total. The number of fused-ring (bicyclic) bond motifs is 1. The van der Waals surface area contributed by atoms with Crippen LogP contribution >= 0.6 is 0 Å². The van der Waals surface area contributed by atoms with Gasteiger partial charge in [-0.2, -0.15) is 0 Å². The first kappa shape index (κ1) is 23.3. The van der Waals surface area contributed by atoms with Crippen molar-refractivity contribution in [3.05, 3.63) is 84.6 Å². The summed E-state index contributed by atoms with van der Waals surface area (Å²) in [6.07, 6.45) is 0. The van der Waals surface area contributed by atoms with Crippen LogP contribution in [0.4, 0.5) is 11.4 Å². The Labute approximate surface area is 209 Å². The number of hydrogen-bond acceptors (Lipinski definition) is 6. The van der Waals surface area contributed by atoms with Crippen molar-refractivity contribution in [2.75, 3.05) is 50.1 Å². The number of furan rings is 1. The second-order valence-corrected chi connectivity index (χ2v) is 8.40. The Balaban J connectivity index is 1.31. The standard InChI is InChI=1S/C28H27N3O5/c1-34-24-14-8-6-12-22(24)30-15-17-31(18-16-30)28(33)27-26(21-11-5-7-13-23(21)36-27)29-25(32)19-35-20-9-3-2-4-10-20/h2-14H,15-19H2,1H3,(H,29,32). The van der Waals surface area contributed by atoms with Crippen molar-refractivity contribution >= 4 is 34.2 Å². The number of benzene rings is 3. The lowest BCUT2D eigenvalue weighted by atomic mass is 10.2. The Bertz CT molecular complexity index is 1360. The van der Waals surface area contributed by atoms with Crippen LogP contribution in [0.3, 0.4) is 0 Å². The van der Waals surface area contributed by atoms with Crippen LogP contribution in [0.1, 0.15) is 10.6 Å². The molecule has 1 aliphatic rings. The number of carbonyl (C=O) groups excluding carboxylic acids is 2.